The first kappa shape index (κ1) is 26.4. The van der Waals surface area contributed by atoms with Crippen molar-refractivity contribution in [2.24, 2.45) is 0 Å². The molecule has 1 aliphatic heterocycles. The number of nitrogens with zero attached hydrogens (tertiary/aromatic N) is 3. The summed E-state index contributed by atoms with van der Waals surface area (Å²) in [6.45, 7) is 3.38. The highest BCUT2D eigenvalue weighted by molar-refractivity contribution is 5.91. The van der Waals surface area contributed by atoms with Crippen molar-refractivity contribution < 1.29 is 19.0 Å². The fourth-order valence-electron chi connectivity index (χ4n) is 4.47. The lowest BCUT2D eigenvalue weighted by molar-refractivity contribution is -0.117. The fourth-order valence-corrected chi connectivity index (χ4v) is 4.47. The van der Waals surface area contributed by atoms with Crippen molar-refractivity contribution in [2.75, 3.05) is 59.9 Å². The zero-order valence-corrected chi connectivity index (χ0v) is 22.1. The predicted molar refractivity (Wildman–Crippen MR) is 146 cm³/mol. The molecule has 8 heteroatoms. The molecule has 0 radical (unpaired) electrons. The number of benzene rings is 2. The molecule has 37 heavy (non-hydrogen) atoms. The molecule has 8 nitrogen and oxygen atoms in total. The minimum atomic E-state index is 0.0181. The Morgan fingerprint density at radius 2 is 1.81 bits per heavy atom. The Bertz CT molecular complexity index is 1200. The second-order valence-corrected chi connectivity index (χ2v) is 9.38. The number of hydrogen-bond donors (Lipinski definition) is 1. The van der Waals surface area contributed by atoms with Gasteiger partial charge in [-0.15, -0.1) is 0 Å². The molecule has 1 saturated heterocycles. The molecule has 2 aromatic carbocycles. The van der Waals surface area contributed by atoms with Crippen LogP contribution in [0.25, 0.3) is 11.3 Å². The van der Waals surface area contributed by atoms with E-state index in [9.17, 15) is 4.79 Å². The van der Waals surface area contributed by atoms with Crippen LogP contribution in [-0.4, -0.2) is 81.3 Å². The molecule has 1 N–H and O–H groups in total. The number of pyridine rings is 1. The van der Waals surface area contributed by atoms with Crippen LogP contribution in [-0.2, 0) is 11.2 Å². The molecule has 2 heterocycles. The molecule has 3 aromatic rings. The normalized spacial score (nSPS) is 16.3. The topological polar surface area (TPSA) is 76.2 Å². The Kier molecular flexibility index (Phi) is 8.98. The number of rotatable bonds is 10. The van der Waals surface area contributed by atoms with E-state index in [4.69, 9.17) is 14.2 Å². The summed E-state index contributed by atoms with van der Waals surface area (Å²) in [6, 6.07) is 19.5. The molecule has 0 saturated carbocycles. The number of carbonyl (C=O) groups excluding carboxylic acids is 1. The highest BCUT2D eigenvalue weighted by Gasteiger charge is 2.24. The molecule has 1 atom stereocenters. The van der Waals surface area contributed by atoms with Crippen LogP contribution in [0, 0.1) is 0 Å². The van der Waals surface area contributed by atoms with Crippen LogP contribution < -0.4 is 19.5 Å². The van der Waals surface area contributed by atoms with Gasteiger partial charge in [0.15, 0.2) is 11.5 Å². The minimum absolute atomic E-state index is 0.0181. The van der Waals surface area contributed by atoms with Crippen molar-refractivity contribution in [2.45, 2.75) is 18.9 Å². The summed E-state index contributed by atoms with van der Waals surface area (Å²) in [5, 5.41) is 3.06. The Morgan fingerprint density at radius 3 is 2.62 bits per heavy atom. The number of methoxy groups -OCH3 is 2. The van der Waals surface area contributed by atoms with Gasteiger partial charge in [-0.2, -0.15) is 0 Å². The lowest BCUT2D eigenvalue weighted by Crippen LogP contribution is -2.51. The van der Waals surface area contributed by atoms with Gasteiger partial charge in [-0.3, -0.25) is 4.79 Å². The van der Waals surface area contributed by atoms with E-state index in [1.807, 2.05) is 60.7 Å². The molecule has 0 spiro atoms. The Balaban J connectivity index is 1.35. The monoisotopic (exact) mass is 504 g/mol. The van der Waals surface area contributed by atoms with Crippen molar-refractivity contribution in [3.8, 4) is 28.6 Å². The maximum Gasteiger partial charge on any atom is 0.225 e. The van der Waals surface area contributed by atoms with Gasteiger partial charge in [0.1, 0.15) is 0 Å². The third-order valence-corrected chi connectivity index (χ3v) is 6.66. The van der Waals surface area contributed by atoms with Crippen molar-refractivity contribution in [1.82, 2.24) is 14.8 Å². The zero-order chi connectivity index (χ0) is 26.2. The van der Waals surface area contributed by atoms with Crippen LogP contribution in [0.5, 0.6) is 17.4 Å². The number of piperazine rings is 1. The summed E-state index contributed by atoms with van der Waals surface area (Å²) >= 11 is 0. The van der Waals surface area contributed by atoms with E-state index in [1.165, 1.54) is 0 Å². The number of hydrogen-bond acceptors (Lipinski definition) is 7. The van der Waals surface area contributed by atoms with E-state index in [1.54, 1.807) is 14.2 Å². The smallest absolute Gasteiger partial charge is 0.225 e. The Labute approximate surface area is 219 Å². The number of amides is 1. The first-order valence-electron chi connectivity index (χ1n) is 12.5. The summed E-state index contributed by atoms with van der Waals surface area (Å²) in [5.41, 5.74) is 3.55. The lowest BCUT2D eigenvalue weighted by atomic mass is 10.1. The number of nitrogens with one attached hydrogen (secondary N) is 1. The Hall–Kier alpha value is -3.62. The van der Waals surface area contributed by atoms with Crippen LogP contribution in [0.4, 0.5) is 5.69 Å². The Morgan fingerprint density at radius 1 is 1.00 bits per heavy atom. The zero-order valence-electron chi connectivity index (χ0n) is 22.1. The van der Waals surface area contributed by atoms with Crippen LogP contribution in [0.3, 0.4) is 0 Å². The highest BCUT2D eigenvalue weighted by atomic mass is 16.5. The van der Waals surface area contributed by atoms with E-state index >= 15 is 0 Å². The first-order valence-corrected chi connectivity index (χ1v) is 12.5. The molecule has 0 aliphatic carbocycles. The quantitative estimate of drug-likeness (QED) is 0.448. The molecule has 1 fully saturated rings. The third-order valence-electron chi connectivity index (χ3n) is 6.66. The van der Waals surface area contributed by atoms with Gasteiger partial charge in [-0.05, 0) is 50.0 Å². The largest absolute Gasteiger partial charge is 0.493 e. The minimum Gasteiger partial charge on any atom is -0.493 e. The molecule has 0 bridgehead atoms. The third kappa shape index (κ3) is 7.21. The maximum atomic E-state index is 12.7. The predicted octanol–water partition coefficient (Wildman–Crippen LogP) is 3.96. The number of aromatic nitrogens is 1. The molecule has 1 aromatic heterocycles. The second kappa shape index (κ2) is 12.6. The average molecular weight is 505 g/mol. The highest BCUT2D eigenvalue weighted by Crippen LogP contribution is 2.28. The van der Waals surface area contributed by atoms with Crippen LogP contribution in [0.2, 0.25) is 0 Å². The number of likely N-dealkylation sites (N-methyl/N-ethyl adjacent to an activating group) is 2. The van der Waals surface area contributed by atoms with Crippen molar-refractivity contribution in [3.63, 3.8) is 0 Å². The summed E-state index contributed by atoms with van der Waals surface area (Å²) in [5.74, 6) is 1.97. The van der Waals surface area contributed by atoms with Crippen molar-refractivity contribution in [3.05, 3.63) is 66.2 Å². The van der Waals surface area contributed by atoms with E-state index in [0.29, 0.717) is 36.8 Å². The molecule has 4 rings (SSSR count). The fraction of sp³-hybridized carbons (Fsp3) is 0.379. The van der Waals surface area contributed by atoms with Gasteiger partial charge >= 0.3 is 0 Å². The maximum absolute atomic E-state index is 12.7. The second-order valence-electron chi connectivity index (χ2n) is 9.38. The first-order chi connectivity index (χ1) is 17.9. The molecule has 1 aliphatic rings. The molecular formula is C29H36N4O4. The van der Waals surface area contributed by atoms with Crippen molar-refractivity contribution >= 4 is 11.6 Å². The summed E-state index contributed by atoms with van der Waals surface area (Å²) in [6.07, 6.45) is 1.17. The number of ether oxygens (including phenoxy) is 3. The van der Waals surface area contributed by atoms with Gasteiger partial charge in [0.25, 0.3) is 0 Å². The summed E-state index contributed by atoms with van der Waals surface area (Å²) in [7, 11) is 7.43. The van der Waals surface area contributed by atoms with Gasteiger partial charge < -0.3 is 29.3 Å². The van der Waals surface area contributed by atoms with Crippen LogP contribution >= 0.6 is 0 Å². The molecular weight excluding hydrogens is 468 g/mol. The van der Waals surface area contributed by atoms with Gasteiger partial charge in [-0.25, -0.2) is 4.98 Å². The van der Waals surface area contributed by atoms with E-state index in [2.05, 4.69) is 34.2 Å². The summed E-state index contributed by atoms with van der Waals surface area (Å²) < 4.78 is 16.6. The number of carbonyl (C=O) groups is 1. The van der Waals surface area contributed by atoms with Gasteiger partial charge in [-0.1, -0.05) is 24.3 Å². The summed E-state index contributed by atoms with van der Waals surface area (Å²) in [4.78, 5) is 21.9. The van der Waals surface area contributed by atoms with Gasteiger partial charge in [0.2, 0.25) is 11.8 Å². The van der Waals surface area contributed by atoms with E-state index in [-0.39, 0.29) is 11.9 Å². The molecule has 196 valence electrons. The van der Waals surface area contributed by atoms with Crippen LogP contribution in [0.1, 0.15) is 12.0 Å². The number of anilines is 1. The SMILES string of the molecule is COc1ccc(CCOc2cccc(-c3cccc(NC(=O)CC4CN(C)CCN4C)c3)n2)cc1OC. The van der Waals surface area contributed by atoms with Crippen LogP contribution in [0.15, 0.2) is 60.7 Å². The molecule has 1 unspecified atom stereocenters. The van der Waals surface area contributed by atoms with E-state index in [0.717, 1.165) is 42.1 Å². The standard InChI is InChI=1S/C29H36N4O4/c1-32-14-15-33(2)24(20-32)19-28(34)30-23-8-5-7-22(18-23)25-9-6-10-29(31-25)37-16-13-21-11-12-26(35-3)27(17-21)36-4/h5-12,17-18,24H,13-16,19-20H2,1-4H3,(H,30,34). The van der Waals surface area contributed by atoms with E-state index < -0.39 is 0 Å². The van der Waals surface area contributed by atoms with Gasteiger partial charge in [0, 0.05) is 55.8 Å². The average Bonchev–Trinajstić information content (AvgIpc) is 2.91. The lowest BCUT2D eigenvalue weighted by Gasteiger charge is -2.37. The van der Waals surface area contributed by atoms with Crippen molar-refractivity contribution in [1.29, 1.82) is 0 Å². The van der Waals surface area contributed by atoms with Gasteiger partial charge in [0.05, 0.1) is 26.5 Å². The molecule has 1 amide bonds.